The maximum absolute atomic E-state index is 13.4. The van der Waals surface area contributed by atoms with Crippen molar-refractivity contribution in [2.75, 3.05) is 0 Å². The Labute approximate surface area is 128 Å². The van der Waals surface area contributed by atoms with Gasteiger partial charge in [0.25, 0.3) is 0 Å². The molecule has 2 rings (SSSR count). The van der Waals surface area contributed by atoms with Crippen LogP contribution in [-0.2, 0) is 0 Å². The van der Waals surface area contributed by atoms with Gasteiger partial charge < -0.3 is 4.74 Å². The molecule has 1 unspecified atom stereocenters. The SMILES string of the molecule is Cc1ccc(C(=O)C(C)Oc2ccc(Cl)c(F)c2)cc1C. The molecule has 2 nitrogen and oxygen atoms in total. The monoisotopic (exact) mass is 306 g/mol. The average Bonchev–Trinajstić information content (AvgIpc) is 2.45. The molecule has 0 N–H and O–H groups in total. The summed E-state index contributed by atoms with van der Waals surface area (Å²) in [4.78, 5) is 12.3. The molecule has 0 spiro atoms. The number of halogens is 2. The number of hydrogen-bond donors (Lipinski definition) is 0. The fraction of sp³-hybridized carbons (Fsp3) is 0.235. The van der Waals surface area contributed by atoms with E-state index in [1.807, 2.05) is 26.0 Å². The Hall–Kier alpha value is -1.87. The third-order valence-corrected chi connectivity index (χ3v) is 3.67. The molecule has 1 atom stereocenters. The van der Waals surface area contributed by atoms with Gasteiger partial charge in [0.15, 0.2) is 6.10 Å². The Balaban J connectivity index is 2.15. The number of carbonyl (C=O) groups is 1. The molecule has 0 radical (unpaired) electrons. The first-order chi connectivity index (χ1) is 9.88. The normalized spacial score (nSPS) is 12.0. The molecule has 0 bridgehead atoms. The molecule has 2 aromatic rings. The summed E-state index contributed by atoms with van der Waals surface area (Å²) in [5.41, 5.74) is 2.76. The van der Waals surface area contributed by atoms with Crippen molar-refractivity contribution in [3.8, 4) is 5.75 Å². The lowest BCUT2D eigenvalue weighted by Gasteiger charge is -2.14. The van der Waals surface area contributed by atoms with E-state index in [1.165, 1.54) is 18.2 Å². The van der Waals surface area contributed by atoms with Gasteiger partial charge in [0.1, 0.15) is 11.6 Å². The van der Waals surface area contributed by atoms with Gasteiger partial charge in [0.05, 0.1) is 5.02 Å². The number of carbonyl (C=O) groups excluding carboxylic acids is 1. The van der Waals surface area contributed by atoms with Crippen LogP contribution in [0, 0.1) is 19.7 Å². The van der Waals surface area contributed by atoms with Crippen LogP contribution in [0.2, 0.25) is 5.02 Å². The Morgan fingerprint density at radius 1 is 1.14 bits per heavy atom. The van der Waals surface area contributed by atoms with Gasteiger partial charge in [-0.15, -0.1) is 0 Å². The Morgan fingerprint density at radius 3 is 2.48 bits per heavy atom. The van der Waals surface area contributed by atoms with Crippen molar-refractivity contribution < 1.29 is 13.9 Å². The zero-order chi connectivity index (χ0) is 15.6. The topological polar surface area (TPSA) is 26.3 Å². The summed E-state index contributed by atoms with van der Waals surface area (Å²) >= 11 is 5.61. The number of ether oxygens (including phenoxy) is 1. The van der Waals surface area contributed by atoms with Crippen LogP contribution >= 0.6 is 11.6 Å². The van der Waals surface area contributed by atoms with Crippen LogP contribution in [0.5, 0.6) is 5.75 Å². The summed E-state index contributed by atoms with van der Waals surface area (Å²) in [6.07, 6.45) is -0.701. The molecule has 0 aliphatic heterocycles. The lowest BCUT2D eigenvalue weighted by molar-refractivity contribution is 0.0817. The summed E-state index contributed by atoms with van der Waals surface area (Å²) in [6, 6.07) is 9.62. The number of aryl methyl sites for hydroxylation is 2. The number of hydrogen-bond acceptors (Lipinski definition) is 2. The molecule has 0 fully saturated rings. The van der Waals surface area contributed by atoms with Gasteiger partial charge in [-0.05, 0) is 50.1 Å². The zero-order valence-electron chi connectivity index (χ0n) is 12.1. The maximum atomic E-state index is 13.4. The minimum absolute atomic E-state index is 0.0236. The molecule has 0 saturated carbocycles. The standard InChI is InChI=1S/C17H16ClFO2/c1-10-4-5-13(8-11(10)2)17(20)12(3)21-14-6-7-15(18)16(19)9-14/h4-9,12H,1-3H3. The predicted octanol–water partition coefficient (Wildman–Crippen LogP) is 4.75. The highest BCUT2D eigenvalue weighted by molar-refractivity contribution is 6.30. The Bertz CT molecular complexity index is 682. The van der Waals surface area contributed by atoms with Crippen LogP contribution in [0.25, 0.3) is 0 Å². The quantitative estimate of drug-likeness (QED) is 0.762. The van der Waals surface area contributed by atoms with E-state index in [2.05, 4.69) is 0 Å². The third-order valence-electron chi connectivity index (χ3n) is 3.36. The lowest BCUT2D eigenvalue weighted by atomic mass is 10.0. The van der Waals surface area contributed by atoms with E-state index < -0.39 is 11.9 Å². The highest BCUT2D eigenvalue weighted by atomic mass is 35.5. The largest absolute Gasteiger partial charge is 0.482 e. The summed E-state index contributed by atoms with van der Waals surface area (Å²) in [5.74, 6) is -0.435. The third kappa shape index (κ3) is 3.61. The summed E-state index contributed by atoms with van der Waals surface area (Å²) in [5, 5.41) is 0.0236. The van der Waals surface area contributed by atoms with Crippen LogP contribution in [0.1, 0.15) is 28.4 Å². The predicted molar refractivity (Wildman–Crippen MR) is 81.7 cm³/mol. The van der Waals surface area contributed by atoms with Crippen molar-refractivity contribution in [1.82, 2.24) is 0 Å². The van der Waals surface area contributed by atoms with Gasteiger partial charge in [0, 0.05) is 11.6 Å². The number of rotatable bonds is 4. The van der Waals surface area contributed by atoms with Gasteiger partial charge >= 0.3 is 0 Å². The van der Waals surface area contributed by atoms with E-state index in [-0.39, 0.29) is 16.6 Å². The minimum atomic E-state index is -0.701. The minimum Gasteiger partial charge on any atom is -0.482 e. The van der Waals surface area contributed by atoms with Gasteiger partial charge in [0.2, 0.25) is 5.78 Å². The number of Topliss-reactive ketones (excluding diaryl/α,β-unsaturated/α-hetero) is 1. The maximum Gasteiger partial charge on any atom is 0.203 e. The summed E-state index contributed by atoms with van der Waals surface area (Å²) in [6.45, 7) is 5.58. The van der Waals surface area contributed by atoms with Crippen molar-refractivity contribution in [3.63, 3.8) is 0 Å². The highest BCUT2D eigenvalue weighted by Gasteiger charge is 2.18. The number of benzene rings is 2. The zero-order valence-corrected chi connectivity index (χ0v) is 12.9. The smallest absolute Gasteiger partial charge is 0.203 e. The van der Waals surface area contributed by atoms with Crippen LogP contribution in [0.3, 0.4) is 0 Å². The summed E-state index contributed by atoms with van der Waals surface area (Å²) in [7, 11) is 0. The molecule has 0 aliphatic rings. The first-order valence-corrected chi connectivity index (χ1v) is 6.99. The molecule has 21 heavy (non-hydrogen) atoms. The van der Waals surface area contributed by atoms with Crippen molar-refractivity contribution >= 4 is 17.4 Å². The van der Waals surface area contributed by atoms with E-state index in [4.69, 9.17) is 16.3 Å². The summed E-state index contributed by atoms with van der Waals surface area (Å²) < 4.78 is 18.8. The second kappa shape index (κ2) is 6.27. The number of ketones is 1. The van der Waals surface area contributed by atoms with Crippen LogP contribution in [0.15, 0.2) is 36.4 Å². The van der Waals surface area contributed by atoms with Crippen LogP contribution in [0.4, 0.5) is 4.39 Å². The second-order valence-corrected chi connectivity index (χ2v) is 5.41. The van der Waals surface area contributed by atoms with Crippen LogP contribution in [-0.4, -0.2) is 11.9 Å². The van der Waals surface area contributed by atoms with E-state index >= 15 is 0 Å². The highest BCUT2D eigenvalue weighted by Crippen LogP contribution is 2.22. The Morgan fingerprint density at radius 2 is 1.86 bits per heavy atom. The molecule has 2 aromatic carbocycles. The second-order valence-electron chi connectivity index (χ2n) is 5.00. The Kier molecular flexibility index (Phi) is 4.63. The van der Waals surface area contributed by atoms with Gasteiger partial charge in [-0.3, -0.25) is 4.79 Å². The van der Waals surface area contributed by atoms with E-state index in [0.29, 0.717) is 5.56 Å². The van der Waals surface area contributed by atoms with Crippen LogP contribution < -0.4 is 4.74 Å². The first kappa shape index (κ1) is 15.5. The van der Waals surface area contributed by atoms with Crippen molar-refractivity contribution in [2.45, 2.75) is 26.9 Å². The fourth-order valence-corrected chi connectivity index (χ4v) is 2.05. The van der Waals surface area contributed by atoms with Crippen molar-refractivity contribution in [2.24, 2.45) is 0 Å². The molecular formula is C17H16ClFO2. The molecule has 0 amide bonds. The molecule has 110 valence electrons. The van der Waals surface area contributed by atoms with Crippen molar-refractivity contribution in [3.05, 3.63) is 63.9 Å². The molecule has 0 heterocycles. The first-order valence-electron chi connectivity index (χ1n) is 6.61. The molecule has 0 aliphatic carbocycles. The lowest BCUT2D eigenvalue weighted by Crippen LogP contribution is -2.24. The van der Waals surface area contributed by atoms with E-state index in [0.717, 1.165) is 11.1 Å². The van der Waals surface area contributed by atoms with E-state index in [1.54, 1.807) is 13.0 Å². The average molecular weight is 307 g/mol. The van der Waals surface area contributed by atoms with E-state index in [9.17, 15) is 9.18 Å². The van der Waals surface area contributed by atoms with Gasteiger partial charge in [-0.2, -0.15) is 0 Å². The molecule has 0 aromatic heterocycles. The molecular weight excluding hydrogens is 291 g/mol. The fourth-order valence-electron chi connectivity index (χ4n) is 1.94. The van der Waals surface area contributed by atoms with Crippen molar-refractivity contribution in [1.29, 1.82) is 0 Å². The molecule has 4 heteroatoms. The molecule has 0 saturated heterocycles. The van der Waals surface area contributed by atoms with Gasteiger partial charge in [-0.25, -0.2) is 4.39 Å². The van der Waals surface area contributed by atoms with Gasteiger partial charge in [-0.1, -0.05) is 23.7 Å².